The quantitative estimate of drug-likeness (QED) is 0.313. The van der Waals surface area contributed by atoms with Gasteiger partial charge in [-0.15, -0.1) is 0 Å². The molecule has 38 heavy (non-hydrogen) atoms. The third kappa shape index (κ3) is 3.47. The van der Waals surface area contributed by atoms with Gasteiger partial charge in [0.05, 0.1) is 17.0 Å². The van der Waals surface area contributed by atoms with Gasteiger partial charge in [0, 0.05) is 39.1 Å². The van der Waals surface area contributed by atoms with Crippen molar-refractivity contribution in [2.45, 2.75) is 39.0 Å². The number of carbonyl (C=O) groups excluding carboxylic acids is 1. The number of allylic oxidation sites excluding steroid dienone is 2. The molecule has 5 nitrogen and oxygen atoms in total. The normalized spacial score (nSPS) is 22.4. The van der Waals surface area contributed by atoms with Gasteiger partial charge >= 0.3 is 0 Å². The summed E-state index contributed by atoms with van der Waals surface area (Å²) in [7, 11) is 0. The fourth-order valence-electron chi connectivity index (χ4n) is 6.30. The van der Waals surface area contributed by atoms with E-state index in [1.807, 2.05) is 13.8 Å². The number of pyridine rings is 1. The van der Waals surface area contributed by atoms with E-state index < -0.39 is 17.0 Å². The highest BCUT2D eigenvalue weighted by molar-refractivity contribution is 6.02. The van der Waals surface area contributed by atoms with E-state index in [1.165, 1.54) is 12.1 Å². The lowest BCUT2D eigenvalue weighted by atomic mass is 9.57. The molecule has 0 saturated heterocycles. The SMILES string of the molecule is Cc1cc(-c2nc(-c3ccccc3F)c3c(n2)[C@]2(C)C=C(C#N)C(=O)[C@H](C)[C@H]2CC3)c2cccc(F)c2n1. The third-order valence-corrected chi connectivity index (χ3v) is 8.13. The van der Waals surface area contributed by atoms with E-state index in [1.54, 1.807) is 49.4 Å². The van der Waals surface area contributed by atoms with Crippen LogP contribution in [0.3, 0.4) is 0 Å². The van der Waals surface area contributed by atoms with Gasteiger partial charge in [0.15, 0.2) is 11.6 Å². The molecule has 3 atom stereocenters. The molecule has 2 heterocycles. The lowest BCUT2D eigenvalue weighted by molar-refractivity contribution is -0.121. The number of benzene rings is 2. The van der Waals surface area contributed by atoms with Gasteiger partial charge in [0.1, 0.15) is 23.2 Å². The summed E-state index contributed by atoms with van der Waals surface area (Å²) in [6, 6.07) is 15.1. The second-order valence-corrected chi connectivity index (χ2v) is 10.4. The fourth-order valence-corrected chi connectivity index (χ4v) is 6.30. The number of para-hydroxylation sites is 1. The van der Waals surface area contributed by atoms with Crippen LogP contribution in [0.25, 0.3) is 33.5 Å². The number of aryl methyl sites for hydroxylation is 1. The zero-order valence-electron chi connectivity index (χ0n) is 21.2. The van der Waals surface area contributed by atoms with Crippen LogP contribution in [0, 0.1) is 41.7 Å². The molecular weight excluding hydrogens is 482 g/mol. The molecule has 0 bridgehead atoms. The second-order valence-electron chi connectivity index (χ2n) is 10.4. The second kappa shape index (κ2) is 8.63. The number of ketones is 1. The van der Waals surface area contributed by atoms with Crippen LogP contribution in [0.4, 0.5) is 8.78 Å². The number of nitrogens with zero attached hydrogens (tertiary/aromatic N) is 4. The lowest BCUT2D eigenvalue weighted by Gasteiger charge is -2.45. The van der Waals surface area contributed by atoms with Crippen molar-refractivity contribution in [1.29, 1.82) is 5.26 Å². The van der Waals surface area contributed by atoms with Crippen molar-refractivity contribution in [2.24, 2.45) is 11.8 Å². The van der Waals surface area contributed by atoms with Crippen molar-refractivity contribution < 1.29 is 13.6 Å². The van der Waals surface area contributed by atoms with E-state index in [-0.39, 0.29) is 28.7 Å². The maximum atomic E-state index is 15.2. The van der Waals surface area contributed by atoms with Crippen LogP contribution < -0.4 is 0 Å². The van der Waals surface area contributed by atoms with Gasteiger partial charge in [0.25, 0.3) is 0 Å². The molecule has 2 aromatic carbocycles. The molecule has 0 N–H and O–H groups in total. The molecule has 188 valence electrons. The van der Waals surface area contributed by atoms with Crippen molar-refractivity contribution in [3.05, 3.63) is 88.8 Å². The van der Waals surface area contributed by atoms with Gasteiger partial charge in [0.2, 0.25) is 0 Å². The number of hydrogen-bond acceptors (Lipinski definition) is 5. The highest BCUT2D eigenvalue weighted by Crippen LogP contribution is 2.51. The minimum atomic E-state index is -0.743. The van der Waals surface area contributed by atoms with Gasteiger partial charge in [-0.3, -0.25) is 4.79 Å². The summed E-state index contributed by atoms with van der Waals surface area (Å²) in [4.78, 5) is 27.2. The van der Waals surface area contributed by atoms with E-state index in [0.29, 0.717) is 52.3 Å². The predicted octanol–water partition coefficient (Wildman–Crippen LogP) is 6.43. The van der Waals surface area contributed by atoms with Gasteiger partial charge in [-0.25, -0.2) is 23.7 Å². The van der Waals surface area contributed by atoms with Gasteiger partial charge < -0.3 is 0 Å². The summed E-state index contributed by atoms with van der Waals surface area (Å²) in [5, 5.41) is 10.3. The predicted molar refractivity (Wildman–Crippen MR) is 140 cm³/mol. The molecule has 2 aliphatic rings. The first-order chi connectivity index (χ1) is 18.2. The van der Waals surface area contributed by atoms with E-state index in [9.17, 15) is 14.4 Å². The van der Waals surface area contributed by atoms with Crippen LogP contribution in [0.5, 0.6) is 0 Å². The monoisotopic (exact) mass is 506 g/mol. The summed E-state index contributed by atoms with van der Waals surface area (Å²) in [5.74, 6) is -1.14. The molecule has 0 radical (unpaired) electrons. The lowest BCUT2D eigenvalue weighted by Crippen LogP contribution is -2.46. The number of hydrogen-bond donors (Lipinski definition) is 0. The Hall–Kier alpha value is -4.31. The number of carbonyl (C=O) groups is 1. The Morgan fingerprint density at radius 2 is 1.79 bits per heavy atom. The number of halogens is 2. The van der Waals surface area contributed by atoms with Gasteiger partial charge in [-0.1, -0.05) is 44.2 Å². The number of nitriles is 1. The summed E-state index contributed by atoms with van der Waals surface area (Å²) in [6.07, 6.45) is 2.98. The van der Waals surface area contributed by atoms with E-state index >= 15 is 4.39 Å². The average Bonchev–Trinajstić information content (AvgIpc) is 2.91. The largest absolute Gasteiger partial charge is 0.293 e. The zero-order chi connectivity index (χ0) is 26.8. The van der Waals surface area contributed by atoms with Crippen LogP contribution in [-0.2, 0) is 16.6 Å². The Balaban J connectivity index is 1.72. The first-order valence-corrected chi connectivity index (χ1v) is 12.6. The van der Waals surface area contributed by atoms with Crippen molar-refractivity contribution >= 4 is 16.7 Å². The number of rotatable bonds is 2. The number of aromatic nitrogens is 3. The zero-order valence-corrected chi connectivity index (χ0v) is 21.2. The van der Waals surface area contributed by atoms with Crippen LogP contribution in [-0.4, -0.2) is 20.7 Å². The van der Waals surface area contributed by atoms with Crippen molar-refractivity contribution in [2.75, 3.05) is 0 Å². The Kier molecular flexibility index (Phi) is 5.46. The molecule has 0 saturated carbocycles. The summed E-state index contributed by atoms with van der Waals surface area (Å²) >= 11 is 0. The smallest absolute Gasteiger partial charge is 0.176 e. The molecule has 6 rings (SSSR count). The molecule has 7 heteroatoms. The molecule has 0 spiro atoms. The summed E-state index contributed by atoms with van der Waals surface area (Å²) in [5.41, 5.74) is 3.05. The average molecular weight is 507 g/mol. The first kappa shape index (κ1) is 24.1. The summed E-state index contributed by atoms with van der Waals surface area (Å²) in [6.45, 7) is 5.63. The molecule has 0 amide bonds. The highest BCUT2D eigenvalue weighted by atomic mass is 19.1. The van der Waals surface area contributed by atoms with E-state index in [0.717, 1.165) is 5.56 Å². The van der Waals surface area contributed by atoms with Crippen LogP contribution in [0.15, 0.2) is 60.2 Å². The molecule has 0 fully saturated rings. The van der Waals surface area contributed by atoms with E-state index in [2.05, 4.69) is 11.1 Å². The maximum absolute atomic E-state index is 15.2. The Morgan fingerprint density at radius 3 is 2.55 bits per heavy atom. The van der Waals surface area contributed by atoms with Crippen LogP contribution in [0.1, 0.15) is 37.2 Å². The number of fused-ring (bicyclic) bond motifs is 4. The molecule has 2 aliphatic carbocycles. The first-order valence-electron chi connectivity index (χ1n) is 12.6. The standard InChI is InChI=1S/C31H24F2N4O/c1-16-13-22(19-8-6-10-25(33)27(19)35-16)30-36-26(20-7-4-5-9-24(20)32)21-11-12-23-17(2)28(38)18(15-34)14-31(23,3)29(21)37-30/h4-10,13-14,17,23H,11-12H2,1-3H3/t17-,23-,31-/m1/s1. The molecule has 2 aromatic heterocycles. The highest BCUT2D eigenvalue weighted by Gasteiger charge is 2.49. The molecular formula is C31H24F2N4O. The van der Waals surface area contributed by atoms with Crippen LogP contribution in [0.2, 0.25) is 0 Å². The molecule has 0 unspecified atom stereocenters. The minimum absolute atomic E-state index is 0.0795. The van der Waals surface area contributed by atoms with E-state index in [4.69, 9.17) is 9.97 Å². The Morgan fingerprint density at radius 1 is 1.03 bits per heavy atom. The third-order valence-electron chi connectivity index (χ3n) is 8.13. The summed E-state index contributed by atoms with van der Waals surface area (Å²) < 4.78 is 29.9. The maximum Gasteiger partial charge on any atom is 0.176 e. The Bertz CT molecular complexity index is 1740. The topological polar surface area (TPSA) is 79.5 Å². The van der Waals surface area contributed by atoms with Crippen LogP contribution >= 0.6 is 0 Å². The van der Waals surface area contributed by atoms with Crippen molar-refractivity contribution in [3.63, 3.8) is 0 Å². The van der Waals surface area contributed by atoms with Gasteiger partial charge in [-0.2, -0.15) is 5.26 Å². The Labute approximate surface area is 218 Å². The van der Waals surface area contributed by atoms with Gasteiger partial charge in [-0.05, 0) is 49.9 Å². The van der Waals surface area contributed by atoms with Crippen molar-refractivity contribution in [3.8, 4) is 28.7 Å². The van der Waals surface area contributed by atoms with Crippen molar-refractivity contribution in [1.82, 2.24) is 15.0 Å². The number of Topliss-reactive ketones (excluding diaryl/α,β-unsaturated/α-hetero) is 1. The molecule has 4 aromatic rings. The fraction of sp³-hybridized carbons (Fsp3) is 0.258. The minimum Gasteiger partial charge on any atom is -0.293 e. The molecule has 0 aliphatic heterocycles.